The van der Waals surface area contributed by atoms with Crippen LogP contribution in [0.25, 0.3) is 0 Å². The Bertz CT molecular complexity index is 587. The molecule has 0 aromatic heterocycles. The average molecular weight is 374 g/mol. The van der Waals surface area contributed by atoms with Gasteiger partial charge in [0.05, 0.1) is 18.7 Å². The quantitative estimate of drug-likeness (QED) is 0.736. The van der Waals surface area contributed by atoms with E-state index < -0.39 is 11.7 Å². The predicted molar refractivity (Wildman–Crippen MR) is 91.0 cm³/mol. The third-order valence-electron chi connectivity index (χ3n) is 4.34. The molecule has 26 heavy (non-hydrogen) atoms. The number of methoxy groups -OCH3 is 1. The van der Waals surface area contributed by atoms with Gasteiger partial charge in [0.15, 0.2) is 0 Å². The summed E-state index contributed by atoms with van der Waals surface area (Å²) >= 11 is 0. The molecule has 8 heteroatoms. The van der Waals surface area contributed by atoms with E-state index in [1.165, 1.54) is 12.1 Å². The van der Waals surface area contributed by atoms with Gasteiger partial charge in [0.2, 0.25) is 5.91 Å². The first-order valence-electron chi connectivity index (χ1n) is 8.58. The van der Waals surface area contributed by atoms with Crippen LogP contribution in [0.5, 0.6) is 5.75 Å². The third-order valence-corrected chi connectivity index (χ3v) is 4.34. The molecule has 0 aliphatic carbocycles. The number of amides is 1. The number of likely N-dealkylation sites (tertiary alicyclic amines) is 1. The van der Waals surface area contributed by atoms with Crippen molar-refractivity contribution in [2.24, 2.45) is 0 Å². The average Bonchev–Trinajstić information content (AvgIpc) is 2.60. The number of rotatable bonds is 7. The minimum absolute atomic E-state index is 0.0427. The van der Waals surface area contributed by atoms with Crippen molar-refractivity contribution in [2.45, 2.75) is 25.1 Å². The Morgan fingerprint density at radius 1 is 1.31 bits per heavy atom. The molecule has 1 aromatic carbocycles. The Kier molecular flexibility index (Phi) is 7.28. The number of alkyl halides is 3. The fourth-order valence-electron chi connectivity index (χ4n) is 2.82. The number of hydrogen-bond acceptors (Lipinski definition) is 4. The Hall–Kier alpha value is -1.80. The number of halogens is 3. The third kappa shape index (κ3) is 6.17. The summed E-state index contributed by atoms with van der Waals surface area (Å²) < 4.78 is 48.9. The number of piperidine rings is 1. The molecule has 0 spiro atoms. The first-order valence-corrected chi connectivity index (χ1v) is 8.58. The summed E-state index contributed by atoms with van der Waals surface area (Å²) in [5.41, 5.74) is -0.721. The highest BCUT2D eigenvalue weighted by Gasteiger charge is 2.31. The lowest BCUT2D eigenvalue weighted by Gasteiger charge is -2.33. The molecule has 0 radical (unpaired) electrons. The maximum absolute atomic E-state index is 12.8. The van der Waals surface area contributed by atoms with Crippen molar-refractivity contribution in [3.05, 3.63) is 29.8 Å². The zero-order chi connectivity index (χ0) is 19.2. The predicted octanol–water partition coefficient (Wildman–Crippen LogP) is 2.65. The molecule has 2 rings (SSSR count). The minimum atomic E-state index is -4.38. The van der Waals surface area contributed by atoms with Crippen LogP contribution in [-0.2, 0) is 15.7 Å². The molecular weight excluding hydrogens is 349 g/mol. The fraction of sp³-hybridized carbons (Fsp3) is 0.611. The summed E-state index contributed by atoms with van der Waals surface area (Å²) in [6.07, 6.45) is -3.37. The van der Waals surface area contributed by atoms with Gasteiger partial charge in [-0.2, -0.15) is 13.2 Å². The van der Waals surface area contributed by atoms with Crippen LogP contribution in [0, 0.1) is 0 Å². The van der Waals surface area contributed by atoms with E-state index >= 15 is 0 Å². The van der Waals surface area contributed by atoms with Crippen molar-refractivity contribution in [1.82, 2.24) is 9.80 Å². The van der Waals surface area contributed by atoms with Crippen molar-refractivity contribution in [1.29, 1.82) is 0 Å². The number of likely N-dealkylation sites (N-methyl/N-ethyl adjacent to an activating group) is 1. The topological polar surface area (TPSA) is 42.0 Å². The van der Waals surface area contributed by atoms with Crippen LogP contribution in [0.2, 0.25) is 0 Å². The van der Waals surface area contributed by atoms with Crippen LogP contribution in [0.15, 0.2) is 24.3 Å². The van der Waals surface area contributed by atoms with Crippen molar-refractivity contribution >= 4 is 5.91 Å². The molecule has 1 aromatic rings. The highest BCUT2D eigenvalue weighted by molar-refractivity contribution is 5.78. The first-order chi connectivity index (χ1) is 12.3. The fourth-order valence-corrected chi connectivity index (χ4v) is 2.82. The van der Waals surface area contributed by atoms with Crippen molar-refractivity contribution < 1.29 is 27.4 Å². The summed E-state index contributed by atoms with van der Waals surface area (Å²) in [5, 5.41) is 0. The van der Waals surface area contributed by atoms with Gasteiger partial charge in [-0.05, 0) is 25.2 Å². The van der Waals surface area contributed by atoms with E-state index in [1.54, 1.807) is 12.0 Å². The molecule has 1 aliphatic heterocycles. The van der Waals surface area contributed by atoms with Crippen molar-refractivity contribution in [2.75, 3.05) is 46.9 Å². The normalized spacial score (nSPS) is 16.2. The van der Waals surface area contributed by atoms with Crippen LogP contribution in [0.3, 0.4) is 0 Å². The smallest absolute Gasteiger partial charge is 0.416 e. The number of ether oxygens (including phenoxy) is 2. The lowest BCUT2D eigenvalue weighted by Crippen LogP contribution is -2.45. The Morgan fingerprint density at radius 3 is 2.62 bits per heavy atom. The van der Waals surface area contributed by atoms with Gasteiger partial charge in [-0.15, -0.1) is 0 Å². The molecule has 1 aliphatic rings. The van der Waals surface area contributed by atoms with E-state index in [2.05, 4.69) is 0 Å². The number of nitrogens with zero attached hydrogens (tertiary/aromatic N) is 2. The SMILES string of the molecule is COCCN(C)CC(=O)N1CCC(Oc2cccc(C(F)(F)F)c2)CC1. The molecule has 146 valence electrons. The Morgan fingerprint density at radius 2 is 2.00 bits per heavy atom. The van der Waals surface area contributed by atoms with E-state index in [0.717, 1.165) is 12.1 Å². The van der Waals surface area contributed by atoms with E-state index in [1.807, 2.05) is 11.9 Å². The molecule has 0 N–H and O–H groups in total. The molecule has 5 nitrogen and oxygen atoms in total. The van der Waals surface area contributed by atoms with Gasteiger partial charge in [-0.3, -0.25) is 9.69 Å². The highest BCUT2D eigenvalue weighted by atomic mass is 19.4. The largest absolute Gasteiger partial charge is 0.490 e. The van der Waals surface area contributed by atoms with Crippen LogP contribution < -0.4 is 4.74 Å². The van der Waals surface area contributed by atoms with Crippen LogP contribution >= 0.6 is 0 Å². The number of carbonyl (C=O) groups is 1. The maximum atomic E-state index is 12.8. The Balaban J connectivity index is 1.80. The second kappa shape index (κ2) is 9.23. The van der Waals surface area contributed by atoms with Crippen LogP contribution in [-0.4, -0.2) is 68.8 Å². The lowest BCUT2D eigenvalue weighted by molar-refractivity contribution is -0.138. The monoisotopic (exact) mass is 374 g/mol. The molecule has 0 atom stereocenters. The van der Waals surface area contributed by atoms with Crippen LogP contribution in [0.4, 0.5) is 13.2 Å². The van der Waals surface area contributed by atoms with E-state index in [0.29, 0.717) is 45.6 Å². The summed E-state index contributed by atoms with van der Waals surface area (Å²) in [6.45, 7) is 2.65. The second-order valence-corrected chi connectivity index (χ2v) is 6.45. The number of benzene rings is 1. The zero-order valence-electron chi connectivity index (χ0n) is 15.1. The standard InChI is InChI=1S/C18H25F3N2O3/c1-22(10-11-25-2)13-17(24)23-8-6-15(7-9-23)26-16-5-3-4-14(12-16)18(19,20)21/h3-5,12,15H,6-11,13H2,1-2H3. The molecule has 0 bridgehead atoms. The van der Waals surface area contributed by atoms with Gasteiger partial charge in [-0.1, -0.05) is 6.07 Å². The summed E-state index contributed by atoms with van der Waals surface area (Å²) in [7, 11) is 3.48. The van der Waals surface area contributed by atoms with E-state index in [9.17, 15) is 18.0 Å². The van der Waals surface area contributed by atoms with E-state index in [-0.39, 0.29) is 17.8 Å². The molecule has 1 heterocycles. The highest BCUT2D eigenvalue weighted by Crippen LogP contribution is 2.32. The number of hydrogen-bond donors (Lipinski definition) is 0. The van der Waals surface area contributed by atoms with Gasteiger partial charge >= 0.3 is 6.18 Å². The molecular formula is C18H25F3N2O3. The number of carbonyl (C=O) groups excluding carboxylic acids is 1. The maximum Gasteiger partial charge on any atom is 0.416 e. The summed E-state index contributed by atoms with van der Waals surface area (Å²) in [4.78, 5) is 15.9. The van der Waals surface area contributed by atoms with Gasteiger partial charge in [-0.25, -0.2) is 0 Å². The van der Waals surface area contributed by atoms with Crippen molar-refractivity contribution in [3.8, 4) is 5.75 Å². The minimum Gasteiger partial charge on any atom is -0.490 e. The van der Waals surface area contributed by atoms with Gasteiger partial charge in [0.1, 0.15) is 11.9 Å². The summed E-state index contributed by atoms with van der Waals surface area (Å²) in [5.74, 6) is 0.255. The first kappa shape index (κ1) is 20.5. The molecule has 0 saturated carbocycles. The Labute approximate surface area is 151 Å². The van der Waals surface area contributed by atoms with Crippen molar-refractivity contribution in [3.63, 3.8) is 0 Å². The van der Waals surface area contributed by atoms with Gasteiger partial charge in [0.25, 0.3) is 0 Å². The van der Waals surface area contributed by atoms with E-state index in [4.69, 9.17) is 9.47 Å². The second-order valence-electron chi connectivity index (χ2n) is 6.45. The molecule has 1 saturated heterocycles. The molecule has 1 amide bonds. The lowest BCUT2D eigenvalue weighted by atomic mass is 10.1. The summed E-state index contributed by atoms with van der Waals surface area (Å²) in [6, 6.07) is 4.90. The van der Waals surface area contributed by atoms with Gasteiger partial charge < -0.3 is 14.4 Å². The molecule has 0 unspecified atom stereocenters. The zero-order valence-corrected chi connectivity index (χ0v) is 15.1. The molecule has 1 fully saturated rings. The van der Waals surface area contributed by atoms with Gasteiger partial charge in [0, 0.05) is 39.6 Å². The van der Waals surface area contributed by atoms with Crippen LogP contribution in [0.1, 0.15) is 18.4 Å².